The van der Waals surface area contributed by atoms with Gasteiger partial charge in [0, 0.05) is 24.7 Å². The average Bonchev–Trinajstić information content (AvgIpc) is 3.02. The van der Waals surface area contributed by atoms with Gasteiger partial charge in [-0.2, -0.15) is 0 Å². The molecule has 0 aromatic heterocycles. The number of methoxy groups -OCH3 is 1. The third-order valence-electron chi connectivity index (χ3n) is 4.52. The van der Waals surface area contributed by atoms with Gasteiger partial charge >= 0.3 is 0 Å². The third-order valence-corrected chi connectivity index (χ3v) is 4.52. The van der Waals surface area contributed by atoms with E-state index in [9.17, 15) is 18.7 Å². The molecule has 1 atom stereocenters. The summed E-state index contributed by atoms with van der Waals surface area (Å²) in [5, 5.41) is 9.80. The van der Waals surface area contributed by atoms with E-state index in [2.05, 4.69) is 0 Å². The zero-order valence-corrected chi connectivity index (χ0v) is 13.8. The lowest BCUT2D eigenvalue weighted by Gasteiger charge is -2.25. The summed E-state index contributed by atoms with van der Waals surface area (Å²) in [5.41, 5.74) is 0.567. The molecule has 1 amide bonds. The fourth-order valence-corrected chi connectivity index (χ4v) is 3.26. The highest BCUT2D eigenvalue weighted by Gasteiger charge is 2.32. The molecule has 1 N–H and O–H groups in total. The van der Waals surface area contributed by atoms with Crippen LogP contribution < -0.4 is 4.74 Å². The van der Waals surface area contributed by atoms with Gasteiger partial charge < -0.3 is 14.7 Å². The molecule has 4 nitrogen and oxygen atoms in total. The van der Waals surface area contributed by atoms with Gasteiger partial charge in [-0.05, 0) is 37.0 Å². The first-order valence-electron chi connectivity index (χ1n) is 8.11. The Labute approximate surface area is 144 Å². The molecule has 6 heteroatoms. The number of aromatic hydroxyl groups is 1. The standard InChI is InChI=1S/C19H19F2NO3/c1-25-15-6-4-12(5-7-15)9-14-3-2-8-22(14)19(24)18-16(21)10-13(20)11-17(18)23/h4-7,10-11,14,23H,2-3,8-9H2,1H3/t14-/m1/s1. The van der Waals surface area contributed by atoms with E-state index < -0.39 is 28.9 Å². The Balaban J connectivity index is 1.80. The van der Waals surface area contributed by atoms with E-state index in [1.807, 2.05) is 24.3 Å². The maximum Gasteiger partial charge on any atom is 0.260 e. The molecule has 0 saturated carbocycles. The Morgan fingerprint density at radius 2 is 2.00 bits per heavy atom. The SMILES string of the molecule is COc1ccc(C[C@H]2CCCN2C(=O)c2c(O)cc(F)cc2F)cc1. The largest absolute Gasteiger partial charge is 0.507 e. The third kappa shape index (κ3) is 3.57. The van der Waals surface area contributed by atoms with Crippen LogP contribution in [0.15, 0.2) is 36.4 Å². The van der Waals surface area contributed by atoms with Crippen molar-refractivity contribution in [3.05, 3.63) is 59.2 Å². The smallest absolute Gasteiger partial charge is 0.260 e. The predicted octanol–water partition coefficient (Wildman–Crippen LogP) is 3.53. The number of carbonyl (C=O) groups excluding carboxylic acids is 1. The lowest BCUT2D eigenvalue weighted by molar-refractivity contribution is 0.0728. The van der Waals surface area contributed by atoms with Crippen LogP contribution in [-0.4, -0.2) is 35.6 Å². The fraction of sp³-hybridized carbons (Fsp3) is 0.316. The highest BCUT2D eigenvalue weighted by molar-refractivity contribution is 5.97. The molecule has 2 aromatic rings. The van der Waals surface area contributed by atoms with Gasteiger partial charge in [-0.3, -0.25) is 4.79 Å². The van der Waals surface area contributed by atoms with E-state index in [0.29, 0.717) is 19.0 Å². The predicted molar refractivity (Wildman–Crippen MR) is 88.8 cm³/mol. The number of nitrogens with zero attached hydrogens (tertiary/aromatic N) is 1. The second kappa shape index (κ2) is 7.09. The fourth-order valence-electron chi connectivity index (χ4n) is 3.26. The van der Waals surface area contributed by atoms with E-state index in [4.69, 9.17) is 4.74 Å². The van der Waals surface area contributed by atoms with Crippen molar-refractivity contribution in [1.82, 2.24) is 4.90 Å². The number of amides is 1. The summed E-state index contributed by atoms with van der Waals surface area (Å²) in [7, 11) is 1.59. The molecule has 1 aliphatic rings. The molecule has 1 saturated heterocycles. The Hall–Kier alpha value is -2.63. The Kier molecular flexibility index (Phi) is 4.88. The van der Waals surface area contributed by atoms with Crippen LogP contribution in [-0.2, 0) is 6.42 Å². The van der Waals surface area contributed by atoms with Gasteiger partial charge in [0.1, 0.15) is 28.7 Å². The summed E-state index contributed by atoms with van der Waals surface area (Å²) < 4.78 is 32.3. The number of benzene rings is 2. The van der Waals surface area contributed by atoms with Gasteiger partial charge in [-0.15, -0.1) is 0 Å². The minimum absolute atomic E-state index is 0.0928. The molecule has 1 fully saturated rings. The summed E-state index contributed by atoms with van der Waals surface area (Å²) >= 11 is 0. The second-order valence-corrected chi connectivity index (χ2v) is 6.13. The molecule has 2 aromatic carbocycles. The van der Waals surface area contributed by atoms with Crippen LogP contribution in [0, 0.1) is 11.6 Å². The zero-order valence-electron chi connectivity index (χ0n) is 13.8. The number of hydrogen-bond donors (Lipinski definition) is 1. The molecule has 0 spiro atoms. The molecule has 3 rings (SSSR count). The Morgan fingerprint density at radius 3 is 2.64 bits per heavy atom. The van der Waals surface area contributed by atoms with E-state index in [0.717, 1.165) is 30.2 Å². The monoisotopic (exact) mass is 347 g/mol. The van der Waals surface area contributed by atoms with Crippen molar-refractivity contribution in [3.8, 4) is 11.5 Å². The van der Waals surface area contributed by atoms with Crippen molar-refractivity contribution in [1.29, 1.82) is 0 Å². The first-order chi connectivity index (χ1) is 12.0. The molecule has 1 aliphatic heterocycles. The maximum atomic E-state index is 14.0. The molecular weight excluding hydrogens is 328 g/mol. The van der Waals surface area contributed by atoms with Crippen molar-refractivity contribution < 1.29 is 23.4 Å². The van der Waals surface area contributed by atoms with Crippen LogP contribution in [0.4, 0.5) is 8.78 Å². The Bertz CT molecular complexity index is 754. The molecule has 25 heavy (non-hydrogen) atoms. The first kappa shape index (κ1) is 17.2. The van der Waals surface area contributed by atoms with Crippen LogP contribution in [0.3, 0.4) is 0 Å². The van der Waals surface area contributed by atoms with Gasteiger partial charge in [0.2, 0.25) is 0 Å². The van der Waals surface area contributed by atoms with E-state index >= 15 is 0 Å². The van der Waals surface area contributed by atoms with E-state index in [1.165, 1.54) is 0 Å². The summed E-state index contributed by atoms with van der Waals surface area (Å²) in [6, 6.07) is 8.83. The Morgan fingerprint density at radius 1 is 1.28 bits per heavy atom. The number of phenolic OH excluding ortho intramolecular Hbond substituents is 1. The normalized spacial score (nSPS) is 16.9. The quantitative estimate of drug-likeness (QED) is 0.921. The minimum Gasteiger partial charge on any atom is -0.507 e. The van der Waals surface area contributed by atoms with Gasteiger partial charge in [0.05, 0.1) is 7.11 Å². The van der Waals surface area contributed by atoms with Gasteiger partial charge in [0.15, 0.2) is 0 Å². The van der Waals surface area contributed by atoms with Crippen LogP contribution in [0.25, 0.3) is 0 Å². The maximum absolute atomic E-state index is 14.0. The van der Waals surface area contributed by atoms with Gasteiger partial charge in [-0.1, -0.05) is 12.1 Å². The number of carbonyl (C=O) groups is 1. The topological polar surface area (TPSA) is 49.8 Å². The number of hydrogen-bond acceptors (Lipinski definition) is 3. The van der Waals surface area contributed by atoms with E-state index in [1.54, 1.807) is 12.0 Å². The van der Waals surface area contributed by atoms with Gasteiger partial charge in [0.25, 0.3) is 5.91 Å². The summed E-state index contributed by atoms with van der Waals surface area (Å²) in [4.78, 5) is 14.2. The van der Waals surface area contributed by atoms with Crippen LogP contribution in [0.1, 0.15) is 28.8 Å². The molecule has 0 aliphatic carbocycles. The van der Waals surface area contributed by atoms with Crippen molar-refractivity contribution in [2.45, 2.75) is 25.3 Å². The number of likely N-dealkylation sites (tertiary alicyclic amines) is 1. The first-order valence-corrected chi connectivity index (χ1v) is 8.11. The second-order valence-electron chi connectivity index (χ2n) is 6.13. The highest BCUT2D eigenvalue weighted by Crippen LogP contribution is 2.29. The molecule has 132 valence electrons. The van der Waals surface area contributed by atoms with Crippen LogP contribution >= 0.6 is 0 Å². The minimum atomic E-state index is -1.04. The average molecular weight is 347 g/mol. The number of phenols is 1. The lowest BCUT2D eigenvalue weighted by atomic mass is 10.0. The lowest BCUT2D eigenvalue weighted by Crippen LogP contribution is -2.37. The number of ether oxygens (including phenoxy) is 1. The van der Waals surface area contributed by atoms with Crippen molar-refractivity contribution in [3.63, 3.8) is 0 Å². The molecule has 0 unspecified atom stereocenters. The van der Waals surface area contributed by atoms with Crippen molar-refractivity contribution in [2.24, 2.45) is 0 Å². The van der Waals surface area contributed by atoms with Crippen molar-refractivity contribution >= 4 is 5.91 Å². The zero-order chi connectivity index (χ0) is 18.0. The van der Waals surface area contributed by atoms with Crippen LogP contribution in [0.2, 0.25) is 0 Å². The highest BCUT2D eigenvalue weighted by atomic mass is 19.1. The number of rotatable bonds is 4. The number of halogens is 2. The van der Waals surface area contributed by atoms with Crippen molar-refractivity contribution in [2.75, 3.05) is 13.7 Å². The summed E-state index contributed by atoms with van der Waals surface area (Å²) in [6.45, 7) is 0.482. The molecule has 0 bridgehead atoms. The molecule has 0 radical (unpaired) electrons. The summed E-state index contributed by atoms with van der Waals surface area (Å²) in [6.07, 6.45) is 2.22. The van der Waals surface area contributed by atoms with E-state index in [-0.39, 0.29) is 6.04 Å². The van der Waals surface area contributed by atoms with Crippen LogP contribution in [0.5, 0.6) is 11.5 Å². The summed E-state index contributed by atoms with van der Waals surface area (Å²) in [5.74, 6) is -2.48. The molecular formula is C19H19F2NO3. The molecule has 1 heterocycles. The van der Waals surface area contributed by atoms with Gasteiger partial charge in [-0.25, -0.2) is 8.78 Å².